The monoisotopic (exact) mass is 933 g/mol. The highest BCUT2D eigenvalue weighted by Crippen LogP contribution is 2.19. The van der Waals surface area contributed by atoms with E-state index in [0.29, 0.717) is 19.3 Å². The fraction of sp³-hybridized carbons (Fsp3) is 0.950. The summed E-state index contributed by atoms with van der Waals surface area (Å²) in [6.45, 7) is 11.4. The third kappa shape index (κ3) is 51.8. The molecule has 0 aromatic heterocycles. The van der Waals surface area contributed by atoms with Gasteiger partial charge in [-0.05, 0) is 31.1 Å². The fourth-order valence-corrected chi connectivity index (χ4v) is 9.20. The molecule has 0 amide bonds. The first-order chi connectivity index (χ1) is 32.3. The third-order valence-corrected chi connectivity index (χ3v) is 14.1. The average molecular weight is 934 g/mol. The van der Waals surface area contributed by atoms with Gasteiger partial charge in [0.1, 0.15) is 13.2 Å². The highest BCUT2D eigenvalue weighted by atomic mass is 16.6. The van der Waals surface area contributed by atoms with Crippen molar-refractivity contribution in [2.75, 3.05) is 13.2 Å². The second kappa shape index (κ2) is 52.8. The number of rotatable bonds is 54. The lowest BCUT2D eigenvalue weighted by Crippen LogP contribution is -2.30. The molecule has 0 saturated carbocycles. The van der Waals surface area contributed by atoms with Gasteiger partial charge in [-0.2, -0.15) is 0 Å². The average Bonchev–Trinajstić information content (AvgIpc) is 3.30. The van der Waals surface area contributed by atoms with E-state index in [4.69, 9.17) is 14.2 Å². The zero-order chi connectivity index (χ0) is 48.2. The first-order valence-corrected chi connectivity index (χ1v) is 29.8. The van der Waals surface area contributed by atoms with E-state index in [2.05, 4.69) is 34.6 Å². The molecule has 0 bridgehead atoms. The molecule has 0 aliphatic heterocycles. The van der Waals surface area contributed by atoms with Gasteiger partial charge in [0.15, 0.2) is 6.10 Å². The van der Waals surface area contributed by atoms with Crippen molar-refractivity contribution in [3.63, 3.8) is 0 Å². The molecule has 0 radical (unpaired) electrons. The quantitative estimate of drug-likeness (QED) is 0.0343. The summed E-state index contributed by atoms with van der Waals surface area (Å²) in [5.74, 6) is 0.850. The molecule has 0 heterocycles. The van der Waals surface area contributed by atoms with Crippen molar-refractivity contribution in [3.8, 4) is 0 Å². The summed E-state index contributed by atoms with van der Waals surface area (Å²) < 4.78 is 16.9. The maximum Gasteiger partial charge on any atom is 0.306 e. The van der Waals surface area contributed by atoms with Crippen LogP contribution in [0.3, 0.4) is 0 Å². The van der Waals surface area contributed by atoms with Gasteiger partial charge >= 0.3 is 17.9 Å². The van der Waals surface area contributed by atoms with Crippen LogP contribution in [0.25, 0.3) is 0 Å². The Morgan fingerprint density at radius 2 is 0.576 bits per heavy atom. The number of ether oxygens (including phenoxy) is 3. The summed E-state index contributed by atoms with van der Waals surface area (Å²) in [5, 5.41) is 0. The molecule has 0 fully saturated rings. The molecule has 0 N–H and O–H groups in total. The fourth-order valence-electron chi connectivity index (χ4n) is 9.20. The molecule has 0 rings (SSSR count). The first kappa shape index (κ1) is 64.4. The summed E-state index contributed by atoms with van der Waals surface area (Å²) >= 11 is 0. The number of hydrogen-bond donors (Lipinski definition) is 0. The molecule has 0 spiro atoms. The van der Waals surface area contributed by atoms with Crippen molar-refractivity contribution in [1.29, 1.82) is 0 Å². The predicted octanol–water partition coefficient (Wildman–Crippen LogP) is 19.7. The summed E-state index contributed by atoms with van der Waals surface area (Å²) in [4.78, 5) is 38.1. The van der Waals surface area contributed by atoms with Crippen molar-refractivity contribution in [2.45, 2.75) is 343 Å². The van der Waals surface area contributed by atoms with Crippen LogP contribution in [0.4, 0.5) is 0 Å². The Bertz CT molecular complexity index is 1010. The molecule has 0 saturated heterocycles. The predicted molar refractivity (Wildman–Crippen MR) is 284 cm³/mol. The van der Waals surface area contributed by atoms with E-state index in [1.54, 1.807) is 0 Å². The van der Waals surface area contributed by atoms with Crippen molar-refractivity contribution in [3.05, 3.63) is 0 Å². The summed E-state index contributed by atoms with van der Waals surface area (Å²) in [6.07, 6.45) is 56.7. The molecular formula is C60H116O6. The van der Waals surface area contributed by atoms with Crippen LogP contribution < -0.4 is 0 Å². The lowest BCUT2D eigenvalue weighted by Gasteiger charge is -2.18. The molecule has 1 unspecified atom stereocenters. The van der Waals surface area contributed by atoms with Gasteiger partial charge in [0, 0.05) is 19.3 Å². The standard InChI is InChI=1S/C60H116O6/c1-6-8-9-10-11-12-13-14-15-16-17-18-19-23-26-29-35-40-45-50-58(61)64-53-57(54-65-59(62)51-46-41-36-32-31-33-38-43-48-55(3)4)66-60(63)52-47-42-37-30-27-24-21-20-22-25-28-34-39-44-49-56(5)7-2/h55-57H,6-54H2,1-5H3/t56?,57-/m1/s1. The zero-order valence-corrected chi connectivity index (χ0v) is 45.3. The molecule has 6 nitrogen and oxygen atoms in total. The van der Waals surface area contributed by atoms with E-state index < -0.39 is 6.10 Å². The van der Waals surface area contributed by atoms with Crippen LogP contribution in [0.5, 0.6) is 0 Å². The Balaban J connectivity index is 4.25. The van der Waals surface area contributed by atoms with Crippen LogP contribution in [0, 0.1) is 11.8 Å². The second-order valence-corrected chi connectivity index (χ2v) is 21.4. The smallest absolute Gasteiger partial charge is 0.306 e. The maximum absolute atomic E-state index is 12.9. The molecule has 66 heavy (non-hydrogen) atoms. The molecule has 0 aromatic carbocycles. The van der Waals surface area contributed by atoms with Crippen molar-refractivity contribution in [1.82, 2.24) is 0 Å². The Morgan fingerprint density at radius 3 is 0.864 bits per heavy atom. The van der Waals surface area contributed by atoms with E-state index in [1.165, 1.54) is 225 Å². The van der Waals surface area contributed by atoms with Crippen molar-refractivity contribution >= 4 is 17.9 Å². The van der Waals surface area contributed by atoms with Crippen LogP contribution >= 0.6 is 0 Å². The number of hydrogen-bond acceptors (Lipinski definition) is 6. The van der Waals surface area contributed by atoms with Crippen LogP contribution in [0.1, 0.15) is 336 Å². The van der Waals surface area contributed by atoms with Crippen molar-refractivity contribution < 1.29 is 28.6 Å². The Hall–Kier alpha value is -1.59. The van der Waals surface area contributed by atoms with Gasteiger partial charge in [-0.25, -0.2) is 0 Å². The highest BCUT2D eigenvalue weighted by molar-refractivity contribution is 5.71. The minimum Gasteiger partial charge on any atom is -0.462 e. The molecule has 2 atom stereocenters. The maximum atomic E-state index is 12.9. The lowest BCUT2D eigenvalue weighted by molar-refractivity contribution is -0.167. The first-order valence-electron chi connectivity index (χ1n) is 29.8. The molecule has 0 aromatic rings. The normalized spacial score (nSPS) is 12.5. The topological polar surface area (TPSA) is 78.9 Å². The number of carbonyl (C=O) groups is 3. The third-order valence-electron chi connectivity index (χ3n) is 14.1. The van der Waals surface area contributed by atoms with E-state index in [0.717, 1.165) is 69.6 Å². The summed E-state index contributed by atoms with van der Waals surface area (Å²) in [7, 11) is 0. The van der Waals surface area contributed by atoms with Gasteiger partial charge < -0.3 is 14.2 Å². The van der Waals surface area contributed by atoms with Crippen LogP contribution in [-0.2, 0) is 28.6 Å². The van der Waals surface area contributed by atoms with E-state index in [9.17, 15) is 14.4 Å². The van der Waals surface area contributed by atoms with Gasteiger partial charge in [0.25, 0.3) is 0 Å². The summed E-state index contributed by atoms with van der Waals surface area (Å²) in [6, 6.07) is 0. The molecule has 6 heteroatoms. The van der Waals surface area contributed by atoms with Gasteiger partial charge in [-0.3, -0.25) is 14.4 Å². The lowest BCUT2D eigenvalue weighted by atomic mass is 9.99. The Labute approximate surface area is 412 Å². The second-order valence-electron chi connectivity index (χ2n) is 21.4. The van der Waals surface area contributed by atoms with Gasteiger partial charge in [-0.15, -0.1) is 0 Å². The van der Waals surface area contributed by atoms with E-state index in [-0.39, 0.29) is 31.1 Å². The Morgan fingerprint density at radius 1 is 0.318 bits per heavy atom. The minimum absolute atomic E-state index is 0.0630. The van der Waals surface area contributed by atoms with Crippen LogP contribution in [0.15, 0.2) is 0 Å². The Kier molecular flexibility index (Phi) is 51.5. The van der Waals surface area contributed by atoms with Gasteiger partial charge in [-0.1, -0.05) is 298 Å². The van der Waals surface area contributed by atoms with Crippen LogP contribution in [0.2, 0.25) is 0 Å². The number of carbonyl (C=O) groups excluding carboxylic acids is 3. The highest BCUT2D eigenvalue weighted by Gasteiger charge is 2.19. The molecule has 392 valence electrons. The number of esters is 3. The van der Waals surface area contributed by atoms with E-state index >= 15 is 0 Å². The van der Waals surface area contributed by atoms with Gasteiger partial charge in [0.2, 0.25) is 0 Å². The van der Waals surface area contributed by atoms with Crippen molar-refractivity contribution in [2.24, 2.45) is 11.8 Å². The minimum atomic E-state index is -0.763. The van der Waals surface area contributed by atoms with Crippen LogP contribution in [-0.4, -0.2) is 37.2 Å². The largest absolute Gasteiger partial charge is 0.462 e. The zero-order valence-electron chi connectivity index (χ0n) is 45.3. The molecular weight excluding hydrogens is 817 g/mol. The SMILES string of the molecule is CCCCCCCCCCCCCCCCCCCCCC(=O)OC[C@H](COC(=O)CCCCCCCCCCC(C)C)OC(=O)CCCCCCCCCCCCCCCCC(C)CC. The summed E-state index contributed by atoms with van der Waals surface area (Å²) in [5.41, 5.74) is 0. The molecule has 0 aliphatic rings. The molecule has 0 aliphatic carbocycles. The number of unbranched alkanes of at least 4 members (excludes halogenated alkanes) is 38. The van der Waals surface area contributed by atoms with Gasteiger partial charge in [0.05, 0.1) is 0 Å². The van der Waals surface area contributed by atoms with E-state index in [1.807, 2.05) is 0 Å².